The Labute approximate surface area is 165 Å². The molecule has 0 radical (unpaired) electrons. The average molecular weight is 401 g/mol. The van der Waals surface area contributed by atoms with Gasteiger partial charge in [0.05, 0.1) is 11.9 Å². The van der Waals surface area contributed by atoms with Crippen molar-refractivity contribution in [3.05, 3.63) is 41.7 Å². The van der Waals surface area contributed by atoms with Crippen LogP contribution in [0.1, 0.15) is 31.3 Å². The molecule has 0 spiro atoms. The number of amides is 2. The quantitative estimate of drug-likeness (QED) is 0.707. The van der Waals surface area contributed by atoms with Crippen LogP contribution in [0.4, 0.5) is 15.9 Å². The Hall–Kier alpha value is -3.27. The number of thiazole rings is 1. The molecule has 0 saturated heterocycles. The molecule has 28 heavy (non-hydrogen) atoms. The van der Waals surface area contributed by atoms with Gasteiger partial charge in [0.2, 0.25) is 5.76 Å². The van der Waals surface area contributed by atoms with E-state index in [2.05, 4.69) is 20.3 Å². The van der Waals surface area contributed by atoms with Gasteiger partial charge < -0.3 is 9.15 Å². The number of carbonyl (C=O) groups is 2. The summed E-state index contributed by atoms with van der Waals surface area (Å²) in [6, 6.07) is 5.45. The Bertz CT molecular complexity index is 977. The molecule has 2 amide bonds. The first kappa shape index (κ1) is 19.5. The van der Waals surface area contributed by atoms with Gasteiger partial charge in [-0.3, -0.25) is 15.1 Å². The number of nitrogens with one attached hydrogen (secondary N) is 1. The number of ether oxygens (including phenoxy) is 1. The molecule has 146 valence electrons. The normalized spacial score (nSPS) is 11.1. The first-order valence-corrected chi connectivity index (χ1v) is 9.22. The molecule has 0 bridgehead atoms. The van der Waals surface area contributed by atoms with Crippen molar-refractivity contribution in [3.63, 3.8) is 0 Å². The van der Waals surface area contributed by atoms with Crippen molar-refractivity contribution in [1.82, 2.24) is 15.0 Å². The smallest absolute Gasteiger partial charge is 0.418 e. The maximum atomic E-state index is 12.4. The molecule has 3 aromatic rings. The summed E-state index contributed by atoms with van der Waals surface area (Å²) >= 11 is 1.26. The fraction of sp³-hybridized carbons (Fsp3) is 0.278. The van der Waals surface area contributed by atoms with E-state index in [4.69, 9.17) is 9.15 Å². The zero-order valence-corrected chi connectivity index (χ0v) is 16.6. The van der Waals surface area contributed by atoms with Gasteiger partial charge in [-0.05, 0) is 32.9 Å². The van der Waals surface area contributed by atoms with Crippen LogP contribution < -0.4 is 10.2 Å². The molecule has 0 aliphatic rings. The predicted molar refractivity (Wildman–Crippen MR) is 104 cm³/mol. The molecular weight excluding hydrogens is 382 g/mol. The van der Waals surface area contributed by atoms with Crippen LogP contribution in [0.3, 0.4) is 0 Å². The van der Waals surface area contributed by atoms with Crippen molar-refractivity contribution in [1.29, 1.82) is 0 Å². The van der Waals surface area contributed by atoms with E-state index in [1.165, 1.54) is 24.6 Å². The summed E-state index contributed by atoms with van der Waals surface area (Å²) < 4.78 is 10.6. The van der Waals surface area contributed by atoms with Crippen molar-refractivity contribution < 1.29 is 18.7 Å². The molecule has 0 saturated carbocycles. The number of rotatable bonds is 4. The number of aromatic nitrogens is 3. The third-order valence-electron chi connectivity index (χ3n) is 3.32. The monoisotopic (exact) mass is 401 g/mol. The topological polar surface area (TPSA) is 110 Å². The Kier molecular flexibility index (Phi) is 5.41. The number of hydrogen-bond acceptors (Lipinski definition) is 8. The largest absolute Gasteiger partial charge is 0.443 e. The number of hydrogen-bond donors (Lipinski definition) is 1. The van der Waals surface area contributed by atoms with E-state index in [0.29, 0.717) is 16.5 Å². The highest BCUT2D eigenvalue weighted by Crippen LogP contribution is 2.24. The molecule has 3 heterocycles. The lowest BCUT2D eigenvalue weighted by Crippen LogP contribution is -2.34. The molecule has 0 unspecified atom stereocenters. The first-order valence-electron chi connectivity index (χ1n) is 8.34. The molecule has 1 N–H and O–H groups in total. The summed E-state index contributed by atoms with van der Waals surface area (Å²) in [5.74, 6) is -0.585. The average Bonchev–Trinajstić information content (AvgIpc) is 3.30. The van der Waals surface area contributed by atoms with Crippen molar-refractivity contribution in [2.75, 3.05) is 17.3 Å². The van der Waals surface area contributed by atoms with Gasteiger partial charge in [-0.25, -0.2) is 19.7 Å². The van der Waals surface area contributed by atoms with Gasteiger partial charge in [0.25, 0.3) is 5.91 Å². The van der Waals surface area contributed by atoms with Crippen molar-refractivity contribution in [2.45, 2.75) is 26.4 Å². The highest BCUT2D eigenvalue weighted by atomic mass is 32.1. The van der Waals surface area contributed by atoms with Crippen LogP contribution in [0, 0.1) is 0 Å². The molecule has 3 aromatic heterocycles. The lowest BCUT2D eigenvalue weighted by molar-refractivity contribution is 0.0581. The van der Waals surface area contributed by atoms with E-state index in [9.17, 15) is 9.59 Å². The maximum absolute atomic E-state index is 12.4. The summed E-state index contributed by atoms with van der Waals surface area (Å²) in [5, 5.41) is 4.82. The van der Waals surface area contributed by atoms with Gasteiger partial charge >= 0.3 is 12.1 Å². The Balaban J connectivity index is 1.66. The zero-order valence-electron chi connectivity index (χ0n) is 15.8. The van der Waals surface area contributed by atoms with E-state index in [1.807, 2.05) is 18.2 Å². The first-order chi connectivity index (χ1) is 13.2. The minimum Gasteiger partial charge on any atom is -0.443 e. The predicted octanol–water partition coefficient (Wildman–Crippen LogP) is 3.82. The molecule has 10 heteroatoms. The van der Waals surface area contributed by atoms with Crippen LogP contribution in [0.5, 0.6) is 0 Å². The van der Waals surface area contributed by atoms with Crippen LogP contribution in [-0.2, 0) is 4.74 Å². The molecule has 0 aliphatic heterocycles. The second-order valence-electron chi connectivity index (χ2n) is 6.75. The van der Waals surface area contributed by atoms with Crippen LogP contribution >= 0.6 is 11.3 Å². The van der Waals surface area contributed by atoms with Gasteiger partial charge in [-0.2, -0.15) is 0 Å². The number of pyridine rings is 1. The van der Waals surface area contributed by atoms with Crippen LogP contribution in [0.2, 0.25) is 0 Å². The Morgan fingerprint density at radius 3 is 2.68 bits per heavy atom. The van der Waals surface area contributed by atoms with Crippen LogP contribution in [-0.4, -0.2) is 39.6 Å². The number of carbonyl (C=O) groups excluding carboxylic acids is 2. The summed E-state index contributed by atoms with van der Waals surface area (Å²) in [6.45, 7) is 5.25. The van der Waals surface area contributed by atoms with Crippen molar-refractivity contribution in [3.8, 4) is 11.4 Å². The van der Waals surface area contributed by atoms with Crippen molar-refractivity contribution >= 4 is 34.5 Å². The number of nitrogens with zero attached hydrogens (tertiary/aromatic N) is 4. The van der Waals surface area contributed by atoms with E-state index in [-0.39, 0.29) is 11.8 Å². The van der Waals surface area contributed by atoms with Gasteiger partial charge in [-0.15, -0.1) is 11.3 Å². The Morgan fingerprint density at radius 1 is 1.21 bits per heavy atom. The minimum atomic E-state index is -0.658. The van der Waals surface area contributed by atoms with Crippen molar-refractivity contribution in [2.24, 2.45) is 0 Å². The van der Waals surface area contributed by atoms with E-state index >= 15 is 0 Å². The summed E-state index contributed by atoms with van der Waals surface area (Å²) in [7, 11) is 1.45. The lowest BCUT2D eigenvalue weighted by atomic mass is 10.2. The number of oxazole rings is 1. The third kappa shape index (κ3) is 4.71. The second kappa shape index (κ2) is 7.77. The standard InChI is InChI=1S/C18H19N5O4S/c1-18(2,3)27-17(25)23(4)16-20-9-13(26-16)14(24)22-15-21-12(10-28-15)11-7-5-6-8-19-11/h5-10H,1-4H3,(H,21,22,24). The molecular formula is C18H19N5O4S. The van der Waals surface area contributed by atoms with E-state index in [0.717, 1.165) is 4.90 Å². The molecule has 0 aliphatic carbocycles. The van der Waals surface area contributed by atoms with E-state index in [1.54, 1.807) is 32.3 Å². The third-order valence-corrected chi connectivity index (χ3v) is 4.08. The highest BCUT2D eigenvalue weighted by molar-refractivity contribution is 7.14. The highest BCUT2D eigenvalue weighted by Gasteiger charge is 2.24. The molecule has 0 atom stereocenters. The molecule has 3 rings (SSSR count). The number of anilines is 2. The molecule has 9 nitrogen and oxygen atoms in total. The Morgan fingerprint density at radius 2 is 2.00 bits per heavy atom. The van der Waals surface area contributed by atoms with E-state index < -0.39 is 17.6 Å². The summed E-state index contributed by atoms with van der Waals surface area (Å²) in [6.07, 6.45) is 2.27. The molecule has 0 fully saturated rings. The lowest BCUT2D eigenvalue weighted by Gasteiger charge is -2.22. The maximum Gasteiger partial charge on any atom is 0.418 e. The fourth-order valence-electron chi connectivity index (χ4n) is 2.06. The summed E-state index contributed by atoms with van der Waals surface area (Å²) in [4.78, 5) is 38.0. The van der Waals surface area contributed by atoms with Gasteiger partial charge in [-0.1, -0.05) is 6.07 Å². The minimum absolute atomic E-state index is 0.0484. The van der Waals surface area contributed by atoms with Crippen LogP contribution in [0.15, 0.2) is 40.4 Å². The fourth-order valence-corrected chi connectivity index (χ4v) is 2.75. The van der Waals surface area contributed by atoms with Crippen LogP contribution in [0.25, 0.3) is 11.4 Å². The SMILES string of the molecule is CN(C(=O)OC(C)(C)C)c1ncc(C(=O)Nc2nc(-c3ccccn3)cs2)o1. The van der Waals surface area contributed by atoms with Gasteiger partial charge in [0.15, 0.2) is 5.13 Å². The summed E-state index contributed by atoms with van der Waals surface area (Å²) in [5.41, 5.74) is 0.706. The second-order valence-corrected chi connectivity index (χ2v) is 7.61. The van der Waals surface area contributed by atoms with Gasteiger partial charge in [0.1, 0.15) is 11.3 Å². The molecule has 0 aromatic carbocycles. The van der Waals surface area contributed by atoms with Gasteiger partial charge in [0, 0.05) is 18.6 Å². The zero-order chi connectivity index (χ0) is 20.3.